The smallest absolute Gasteiger partial charge is 0.0701 e. The van der Waals surface area contributed by atoms with E-state index in [2.05, 4.69) is 35.0 Å². The molecule has 0 radical (unpaired) electrons. The quantitative estimate of drug-likeness (QED) is 0.578. The predicted octanol–water partition coefficient (Wildman–Crippen LogP) is 6.39. The Morgan fingerprint density at radius 2 is 2.00 bits per heavy atom. The van der Waals surface area contributed by atoms with Gasteiger partial charge in [0.25, 0.3) is 0 Å². The van der Waals surface area contributed by atoms with Gasteiger partial charge in [-0.05, 0) is 52.7 Å². The molecule has 0 aliphatic heterocycles. The number of thioether (sulfide) groups is 1. The van der Waals surface area contributed by atoms with E-state index in [1.165, 1.54) is 4.88 Å². The number of hydrogen-bond donors (Lipinski definition) is 1. The number of benzene rings is 1. The first-order chi connectivity index (χ1) is 9.51. The Bertz CT molecular complexity index is 588. The molecule has 2 atom stereocenters. The number of thiophene rings is 1. The summed E-state index contributed by atoms with van der Waals surface area (Å²) in [6.45, 7) is 2.11. The molecule has 0 fully saturated rings. The molecule has 0 saturated carbocycles. The summed E-state index contributed by atoms with van der Waals surface area (Å²) in [5, 5.41) is 1.37. The van der Waals surface area contributed by atoms with Crippen molar-refractivity contribution in [2.24, 2.45) is 5.73 Å². The van der Waals surface area contributed by atoms with E-state index in [4.69, 9.17) is 28.9 Å². The van der Waals surface area contributed by atoms with Gasteiger partial charge in [0.1, 0.15) is 0 Å². The topological polar surface area (TPSA) is 26.0 Å². The van der Waals surface area contributed by atoms with Gasteiger partial charge in [0, 0.05) is 15.8 Å². The Labute approximate surface area is 146 Å². The SMILES string of the molecule is CCC(N)C(Sc1ccc(Cl)c(Cl)c1)c1ccc(Br)s1. The largest absolute Gasteiger partial charge is 0.326 e. The van der Waals surface area contributed by atoms with Crippen LogP contribution >= 0.6 is 62.2 Å². The van der Waals surface area contributed by atoms with Crippen molar-refractivity contribution in [3.8, 4) is 0 Å². The lowest BCUT2D eigenvalue weighted by Gasteiger charge is -2.21. The van der Waals surface area contributed by atoms with Gasteiger partial charge in [0.05, 0.1) is 19.1 Å². The van der Waals surface area contributed by atoms with Gasteiger partial charge >= 0.3 is 0 Å². The Kier molecular flexibility index (Phi) is 6.26. The van der Waals surface area contributed by atoms with Crippen LogP contribution in [0, 0.1) is 0 Å². The fraction of sp³-hybridized carbons (Fsp3) is 0.286. The standard InChI is InChI=1S/C14H14BrCl2NS2/c1-2-11(18)14(12-5-6-13(15)20-12)19-8-3-4-9(16)10(17)7-8/h3-7,11,14H,2,18H2,1H3. The summed E-state index contributed by atoms with van der Waals surface area (Å²) in [5.74, 6) is 0. The minimum Gasteiger partial charge on any atom is -0.326 e. The lowest BCUT2D eigenvalue weighted by Crippen LogP contribution is -2.25. The van der Waals surface area contributed by atoms with E-state index < -0.39 is 0 Å². The molecule has 0 saturated heterocycles. The third-order valence-corrected chi connectivity index (χ3v) is 6.87. The van der Waals surface area contributed by atoms with Crippen LogP contribution in [0.5, 0.6) is 0 Å². The molecule has 2 rings (SSSR count). The Morgan fingerprint density at radius 1 is 1.25 bits per heavy atom. The zero-order chi connectivity index (χ0) is 14.7. The summed E-state index contributed by atoms with van der Waals surface area (Å²) in [7, 11) is 0. The molecule has 0 bridgehead atoms. The first-order valence-corrected chi connectivity index (χ1v) is 9.38. The van der Waals surface area contributed by atoms with Crippen molar-refractivity contribution in [2.75, 3.05) is 0 Å². The molecule has 0 spiro atoms. The van der Waals surface area contributed by atoms with Crippen LogP contribution in [0.25, 0.3) is 0 Å². The molecule has 1 nitrogen and oxygen atoms in total. The van der Waals surface area contributed by atoms with Crippen molar-refractivity contribution >= 4 is 62.2 Å². The fourth-order valence-electron chi connectivity index (χ4n) is 1.75. The van der Waals surface area contributed by atoms with Gasteiger partial charge in [0.2, 0.25) is 0 Å². The van der Waals surface area contributed by atoms with Crippen molar-refractivity contribution in [1.29, 1.82) is 0 Å². The highest BCUT2D eigenvalue weighted by molar-refractivity contribution is 9.11. The van der Waals surface area contributed by atoms with E-state index >= 15 is 0 Å². The van der Waals surface area contributed by atoms with Crippen molar-refractivity contribution in [3.05, 3.63) is 49.0 Å². The van der Waals surface area contributed by atoms with Crippen molar-refractivity contribution in [2.45, 2.75) is 29.5 Å². The monoisotopic (exact) mass is 409 g/mol. The van der Waals surface area contributed by atoms with Gasteiger partial charge in [-0.15, -0.1) is 23.1 Å². The minimum absolute atomic E-state index is 0.0972. The van der Waals surface area contributed by atoms with Crippen LogP contribution in [-0.2, 0) is 0 Å². The van der Waals surface area contributed by atoms with Crippen LogP contribution in [0.15, 0.2) is 39.0 Å². The van der Waals surface area contributed by atoms with Crippen LogP contribution < -0.4 is 5.73 Å². The molecule has 6 heteroatoms. The molecule has 2 unspecified atom stereocenters. The lowest BCUT2D eigenvalue weighted by atomic mass is 10.1. The van der Waals surface area contributed by atoms with Crippen molar-refractivity contribution in [1.82, 2.24) is 0 Å². The molecule has 0 aliphatic carbocycles. The fourth-order valence-corrected chi connectivity index (χ4v) is 5.07. The summed E-state index contributed by atoms with van der Waals surface area (Å²) in [6, 6.07) is 9.98. The summed E-state index contributed by atoms with van der Waals surface area (Å²) in [4.78, 5) is 2.35. The minimum atomic E-state index is 0.0972. The molecule has 20 heavy (non-hydrogen) atoms. The Morgan fingerprint density at radius 3 is 2.55 bits per heavy atom. The number of nitrogens with two attached hydrogens (primary N) is 1. The highest BCUT2D eigenvalue weighted by Crippen LogP contribution is 2.43. The van der Waals surface area contributed by atoms with Crippen LogP contribution in [0.1, 0.15) is 23.5 Å². The molecule has 1 heterocycles. The maximum atomic E-state index is 6.29. The average Bonchev–Trinajstić information content (AvgIpc) is 2.85. The first-order valence-electron chi connectivity index (χ1n) is 6.13. The second-order valence-electron chi connectivity index (χ2n) is 4.33. The summed E-state index contributed by atoms with van der Waals surface area (Å²) in [5.41, 5.74) is 6.29. The van der Waals surface area contributed by atoms with Crippen LogP contribution in [-0.4, -0.2) is 6.04 Å². The normalized spacial score (nSPS) is 14.2. The molecule has 2 aromatic rings. The molecule has 0 aliphatic rings. The molecule has 1 aromatic heterocycles. The highest BCUT2D eigenvalue weighted by atomic mass is 79.9. The van der Waals surface area contributed by atoms with Gasteiger partial charge in [-0.1, -0.05) is 30.1 Å². The van der Waals surface area contributed by atoms with Gasteiger partial charge in [-0.3, -0.25) is 0 Å². The molecule has 2 N–H and O–H groups in total. The molecular weight excluding hydrogens is 397 g/mol. The third-order valence-electron chi connectivity index (χ3n) is 2.89. The summed E-state index contributed by atoms with van der Waals surface area (Å²) >= 11 is 19.0. The van der Waals surface area contributed by atoms with Crippen LogP contribution in [0.3, 0.4) is 0 Å². The average molecular weight is 411 g/mol. The zero-order valence-electron chi connectivity index (χ0n) is 10.8. The number of halogens is 3. The van der Waals surface area contributed by atoms with Gasteiger partial charge in [-0.25, -0.2) is 0 Å². The molecule has 1 aromatic carbocycles. The van der Waals surface area contributed by atoms with E-state index in [9.17, 15) is 0 Å². The summed E-state index contributed by atoms with van der Waals surface area (Å²) < 4.78 is 1.12. The Hall–Kier alpha value is 0.290. The maximum Gasteiger partial charge on any atom is 0.0701 e. The van der Waals surface area contributed by atoms with E-state index in [1.54, 1.807) is 23.1 Å². The second-order valence-corrected chi connectivity index (χ2v) is 8.85. The first kappa shape index (κ1) is 16.7. The van der Waals surface area contributed by atoms with Crippen LogP contribution in [0.2, 0.25) is 10.0 Å². The highest BCUT2D eigenvalue weighted by Gasteiger charge is 2.22. The third kappa shape index (κ3) is 4.15. The summed E-state index contributed by atoms with van der Waals surface area (Å²) in [6.07, 6.45) is 0.925. The molecular formula is C14H14BrCl2NS2. The van der Waals surface area contributed by atoms with E-state index in [-0.39, 0.29) is 11.3 Å². The Balaban J connectivity index is 2.25. The van der Waals surface area contributed by atoms with E-state index in [1.807, 2.05) is 18.2 Å². The number of hydrogen-bond acceptors (Lipinski definition) is 3. The predicted molar refractivity (Wildman–Crippen MR) is 95.3 cm³/mol. The second kappa shape index (κ2) is 7.52. The molecule has 108 valence electrons. The van der Waals surface area contributed by atoms with E-state index in [0.717, 1.165) is 15.1 Å². The van der Waals surface area contributed by atoms with Gasteiger partial charge < -0.3 is 5.73 Å². The zero-order valence-corrected chi connectivity index (χ0v) is 15.5. The van der Waals surface area contributed by atoms with Gasteiger partial charge in [-0.2, -0.15) is 0 Å². The van der Waals surface area contributed by atoms with Crippen molar-refractivity contribution < 1.29 is 0 Å². The lowest BCUT2D eigenvalue weighted by molar-refractivity contribution is 0.640. The van der Waals surface area contributed by atoms with Crippen molar-refractivity contribution in [3.63, 3.8) is 0 Å². The van der Waals surface area contributed by atoms with Gasteiger partial charge in [0.15, 0.2) is 0 Å². The van der Waals surface area contributed by atoms with E-state index in [0.29, 0.717) is 10.0 Å². The number of rotatable bonds is 5. The maximum absolute atomic E-state index is 6.29. The molecule has 0 amide bonds. The van der Waals surface area contributed by atoms with Crippen LogP contribution in [0.4, 0.5) is 0 Å².